The largest absolute Gasteiger partial charge is 0.600 e. The number of nitrogens with zero attached hydrogens (tertiary/aromatic N) is 4. The molecular formula is C38H60N4O. The summed E-state index contributed by atoms with van der Waals surface area (Å²) in [5.74, 6) is 0. The van der Waals surface area contributed by atoms with E-state index >= 15 is 0 Å². The number of aryl methyl sites for hydroxylation is 2. The van der Waals surface area contributed by atoms with Crippen LogP contribution in [-0.4, -0.2) is 27.9 Å². The zero-order valence-electron chi connectivity index (χ0n) is 27.1. The van der Waals surface area contributed by atoms with Crippen molar-refractivity contribution in [2.45, 2.75) is 141 Å². The Balaban J connectivity index is 1.24. The molecule has 0 aliphatic rings. The van der Waals surface area contributed by atoms with Gasteiger partial charge >= 0.3 is 0 Å². The summed E-state index contributed by atoms with van der Waals surface area (Å²) >= 11 is 0. The molecule has 0 atom stereocenters. The normalized spacial score (nSPS) is 12.1. The van der Waals surface area contributed by atoms with E-state index in [0.717, 1.165) is 49.8 Å². The predicted molar refractivity (Wildman–Crippen MR) is 182 cm³/mol. The van der Waals surface area contributed by atoms with E-state index in [2.05, 4.69) is 51.5 Å². The van der Waals surface area contributed by atoms with Gasteiger partial charge in [0.1, 0.15) is 6.54 Å². The Morgan fingerprint density at radius 2 is 0.953 bits per heavy atom. The number of hydrogen-bond donors (Lipinski definition) is 0. The lowest BCUT2D eigenvalue weighted by molar-refractivity contribution is -0.531. The van der Waals surface area contributed by atoms with Crippen LogP contribution in [0.2, 0.25) is 0 Å². The number of unbranched alkanes of at least 4 members (excludes halogenated alkanes) is 16. The predicted octanol–water partition coefficient (Wildman–Crippen LogP) is 11.1. The molecule has 2 heterocycles. The molecule has 0 aliphatic carbocycles. The van der Waals surface area contributed by atoms with Crippen LogP contribution < -0.4 is 0 Å². The Bertz CT molecular complexity index is 958. The van der Waals surface area contributed by atoms with Crippen LogP contribution in [0.15, 0.2) is 78.5 Å². The summed E-state index contributed by atoms with van der Waals surface area (Å²) in [6, 6.07) is 8.31. The standard InChI is InChI=1S/C38H60N4O/c43-42(34-24-20-16-12-8-4-2-6-10-14-18-22-28-38-30-26-32-40-36-38)41-33-23-19-15-11-7-3-1-5-9-13-17-21-27-37-29-25-31-39-35-37/h13-14,17-18,25-26,29-32,35-36H,1-12,15-16,19-24,27-28,33-34H2/b17-13-,18-14-,42-41?. The van der Waals surface area contributed by atoms with E-state index in [4.69, 9.17) is 0 Å². The highest BCUT2D eigenvalue weighted by atomic mass is 16.5. The average molecular weight is 589 g/mol. The van der Waals surface area contributed by atoms with Crippen molar-refractivity contribution in [1.82, 2.24) is 9.97 Å². The van der Waals surface area contributed by atoms with Gasteiger partial charge in [0.15, 0.2) is 6.54 Å². The number of hydroxylamine groups is 1. The van der Waals surface area contributed by atoms with Gasteiger partial charge in [-0.15, -0.1) is 0 Å². The van der Waals surface area contributed by atoms with E-state index < -0.39 is 0 Å². The number of aromatic nitrogens is 2. The van der Waals surface area contributed by atoms with Crippen LogP contribution in [0.25, 0.3) is 0 Å². The molecule has 5 heteroatoms. The molecule has 0 N–H and O–H groups in total. The summed E-state index contributed by atoms with van der Waals surface area (Å²) in [4.78, 5) is 9.27. The first-order chi connectivity index (χ1) is 21.3. The Kier molecular flexibility index (Phi) is 23.7. The number of rotatable bonds is 28. The molecule has 0 aromatic carbocycles. The number of hydrogen-bond acceptors (Lipinski definition) is 4. The summed E-state index contributed by atoms with van der Waals surface area (Å²) in [6.07, 6.45) is 43.7. The van der Waals surface area contributed by atoms with E-state index in [-0.39, 0.29) is 0 Å². The smallest absolute Gasteiger partial charge is 0.180 e. The highest BCUT2D eigenvalue weighted by Crippen LogP contribution is 2.12. The molecule has 0 saturated heterocycles. The fourth-order valence-electron chi connectivity index (χ4n) is 5.32. The lowest BCUT2D eigenvalue weighted by atomic mass is 10.1. The summed E-state index contributed by atoms with van der Waals surface area (Å²) in [5, 5.41) is 16.1. The average Bonchev–Trinajstić information content (AvgIpc) is 3.04. The molecular weight excluding hydrogens is 528 g/mol. The molecule has 2 aromatic heterocycles. The van der Waals surface area contributed by atoms with Gasteiger partial charge in [-0.25, -0.2) is 0 Å². The lowest BCUT2D eigenvalue weighted by Crippen LogP contribution is -2.04. The molecule has 2 aromatic rings. The van der Waals surface area contributed by atoms with Crippen molar-refractivity contribution < 1.29 is 4.86 Å². The number of allylic oxidation sites excluding steroid dienone is 4. The topological polar surface area (TPSA) is 64.2 Å². The number of azo groups is 1. The summed E-state index contributed by atoms with van der Waals surface area (Å²) in [5.41, 5.74) is 2.63. The molecule has 0 spiro atoms. The summed E-state index contributed by atoms with van der Waals surface area (Å²) in [6.45, 7) is 1.25. The van der Waals surface area contributed by atoms with Crippen molar-refractivity contribution >= 4 is 0 Å². The molecule has 43 heavy (non-hydrogen) atoms. The first kappa shape index (κ1) is 36.4. The van der Waals surface area contributed by atoms with Crippen molar-refractivity contribution in [2.75, 3.05) is 13.1 Å². The van der Waals surface area contributed by atoms with Gasteiger partial charge in [-0.3, -0.25) is 9.97 Å². The van der Waals surface area contributed by atoms with Gasteiger partial charge in [0.05, 0.1) is 0 Å². The molecule has 0 radical (unpaired) electrons. The van der Waals surface area contributed by atoms with Gasteiger partial charge in [0.25, 0.3) is 0 Å². The molecule has 0 unspecified atom stereocenters. The maximum Gasteiger partial charge on any atom is 0.180 e. The highest BCUT2D eigenvalue weighted by Gasteiger charge is 1.99. The minimum Gasteiger partial charge on any atom is -0.600 e. The van der Waals surface area contributed by atoms with Gasteiger partial charge in [-0.2, -0.15) is 0 Å². The third-order valence-electron chi connectivity index (χ3n) is 7.99. The minimum atomic E-state index is 0.562. The van der Waals surface area contributed by atoms with Crippen LogP contribution >= 0.6 is 0 Å². The fourth-order valence-corrected chi connectivity index (χ4v) is 5.32. The Hall–Kier alpha value is -2.82. The first-order valence-corrected chi connectivity index (χ1v) is 17.5. The molecule has 0 saturated carbocycles. The van der Waals surface area contributed by atoms with Gasteiger partial charge in [-0.1, -0.05) is 112 Å². The van der Waals surface area contributed by atoms with Crippen molar-refractivity contribution in [3.63, 3.8) is 0 Å². The minimum absolute atomic E-state index is 0.562. The zero-order valence-corrected chi connectivity index (χ0v) is 27.1. The Morgan fingerprint density at radius 3 is 1.42 bits per heavy atom. The van der Waals surface area contributed by atoms with Crippen LogP contribution in [0, 0.1) is 5.21 Å². The molecule has 0 amide bonds. The van der Waals surface area contributed by atoms with Crippen LogP contribution in [0.1, 0.15) is 140 Å². The third-order valence-corrected chi connectivity index (χ3v) is 7.99. The lowest BCUT2D eigenvalue weighted by Gasteiger charge is -2.03. The third kappa shape index (κ3) is 23.3. The monoisotopic (exact) mass is 588 g/mol. The molecule has 2 rings (SSSR count). The van der Waals surface area contributed by atoms with Crippen molar-refractivity contribution in [3.05, 3.63) is 89.7 Å². The van der Waals surface area contributed by atoms with E-state index in [0.29, 0.717) is 13.1 Å². The Labute approximate surface area is 263 Å². The van der Waals surface area contributed by atoms with Crippen molar-refractivity contribution in [2.24, 2.45) is 5.11 Å². The van der Waals surface area contributed by atoms with Crippen LogP contribution in [0.3, 0.4) is 0 Å². The molecule has 0 aliphatic heterocycles. The van der Waals surface area contributed by atoms with Crippen molar-refractivity contribution in [3.8, 4) is 0 Å². The zero-order chi connectivity index (χ0) is 30.3. The van der Waals surface area contributed by atoms with Gasteiger partial charge in [-0.05, 0) is 92.6 Å². The van der Waals surface area contributed by atoms with Gasteiger partial charge < -0.3 is 5.21 Å². The van der Waals surface area contributed by atoms with E-state index in [1.807, 2.05) is 36.9 Å². The Morgan fingerprint density at radius 1 is 0.535 bits per heavy atom. The van der Waals surface area contributed by atoms with Crippen LogP contribution in [-0.2, 0) is 12.8 Å². The molecule has 0 bridgehead atoms. The van der Waals surface area contributed by atoms with Crippen LogP contribution in [0.4, 0.5) is 0 Å². The second-order valence-electron chi connectivity index (χ2n) is 11.9. The molecule has 0 fully saturated rings. The van der Waals surface area contributed by atoms with Crippen LogP contribution in [0.5, 0.6) is 0 Å². The quantitative estimate of drug-likeness (QED) is 0.0326. The molecule has 238 valence electrons. The fraction of sp³-hybridized carbons (Fsp3) is 0.632. The van der Waals surface area contributed by atoms with Crippen molar-refractivity contribution in [1.29, 1.82) is 0 Å². The highest BCUT2D eigenvalue weighted by molar-refractivity contribution is 5.10. The SMILES string of the molecule is [O-][N+](CCCCCCCCCC/C=C\CCc1cccnc1)=NCCCCCCCCCC/C=C\CCc1cccnc1. The van der Waals surface area contributed by atoms with Gasteiger partial charge in [0, 0.05) is 31.2 Å². The number of pyridine rings is 2. The second-order valence-corrected chi connectivity index (χ2v) is 11.9. The van der Waals surface area contributed by atoms with E-state index in [1.54, 1.807) is 0 Å². The van der Waals surface area contributed by atoms with Gasteiger partial charge in [0.2, 0.25) is 0 Å². The maximum atomic E-state index is 11.9. The summed E-state index contributed by atoms with van der Waals surface area (Å²) < 4.78 is 0. The van der Waals surface area contributed by atoms with E-state index in [1.165, 1.54) is 107 Å². The molecule has 5 nitrogen and oxygen atoms in total. The second kappa shape index (κ2) is 28.0. The maximum absolute atomic E-state index is 11.9. The van der Waals surface area contributed by atoms with E-state index in [9.17, 15) is 5.21 Å². The first-order valence-electron chi connectivity index (χ1n) is 17.5. The summed E-state index contributed by atoms with van der Waals surface area (Å²) in [7, 11) is 0.